The zero-order valence-electron chi connectivity index (χ0n) is 12.5. The van der Waals surface area contributed by atoms with Crippen LogP contribution in [0.25, 0.3) is 0 Å². The van der Waals surface area contributed by atoms with Crippen LogP contribution in [0.5, 0.6) is 11.5 Å². The van der Waals surface area contributed by atoms with Crippen molar-refractivity contribution in [2.45, 2.75) is 31.7 Å². The van der Waals surface area contributed by atoms with Crippen LogP contribution in [-0.4, -0.2) is 26.2 Å². The number of benzene rings is 1. The van der Waals surface area contributed by atoms with Crippen LogP contribution in [0.3, 0.4) is 0 Å². The summed E-state index contributed by atoms with van der Waals surface area (Å²) in [5.41, 5.74) is 6.84. The van der Waals surface area contributed by atoms with Gasteiger partial charge < -0.3 is 20.5 Å². The summed E-state index contributed by atoms with van der Waals surface area (Å²) in [6.45, 7) is 0. The molecule has 1 aromatic carbocycles. The molecule has 3 rings (SSSR count). The quantitative estimate of drug-likeness (QED) is 0.834. The molecule has 0 spiro atoms. The van der Waals surface area contributed by atoms with Crippen molar-refractivity contribution in [3.8, 4) is 11.5 Å². The molecule has 2 fully saturated rings. The first-order valence-electron chi connectivity index (χ1n) is 7.44. The van der Waals surface area contributed by atoms with E-state index >= 15 is 0 Å². The van der Waals surface area contributed by atoms with Crippen molar-refractivity contribution < 1.29 is 14.3 Å². The molecule has 2 aliphatic rings. The first-order chi connectivity index (χ1) is 10.1. The number of rotatable bonds is 4. The zero-order valence-corrected chi connectivity index (χ0v) is 12.5. The van der Waals surface area contributed by atoms with Crippen LogP contribution < -0.4 is 20.5 Å². The number of ether oxygens (including phenoxy) is 2. The van der Waals surface area contributed by atoms with E-state index in [1.54, 1.807) is 26.4 Å². The van der Waals surface area contributed by atoms with Gasteiger partial charge in [0.2, 0.25) is 0 Å². The van der Waals surface area contributed by atoms with Crippen LogP contribution in [0.2, 0.25) is 0 Å². The molecule has 114 valence electrons. The molecule has 0 saturated heterocycles. The lowest BCUT2D eigenvalue weighted by atomic mass is 9.95. The zero-order chi connectivity index (χ0) is 15.0. The van der Waals surface area contributed by atoms with Crippen molar-refractivity contribution >= 4 is 11.6 Å². The number of methoxy groups -OCH3 is 2. The van der Waals surface area contributed by atoms with Crippen molar-refractivity contribution in [3.05, 3.63) is 17.7 Å². The van der Waals surface area contributed by atoms with E-state index in [-0.39, 0.29) is 5.91 Å². The predicted octanol–water partition coefficient (Wildman–Crippen LogP) is 2.20. The molecule has 5 heteroatoms. The normalized spacial score (nSPS) is 26.7. The fourth-order valence-corrected chi connectivity index (χ4v) is 3.76. The average molecular weight is 290 g/mol. The lowest BCUT2D eigenvalue weighted by Gasteiger charge is -2.23. The van der Waals surface area contributed by atoms with E-state index in [0.717, 1.165) is 12.3 Å². The summed E-state index contributed by atoms with van der Waals surface area (Å²) < 4.78 is 10.4. The van der Waals surface area contributed by atoms with E-state index in [1.165, 1.54) is 19.3 Å². The highest BCUT2D eigenvalue weighted by molar-refractivity contribution is 6.00. The minimum Gasteiger partial charge on any atom is -0.493 e. The second kappa shape index (κ2) is 5.47. The smallest absolute Gasteiger partial charge is 0.253 e. The standard InChI is InChI=1S/C16H22N2O3/c1-20-14-7-11(12(17)8-15(14)21-2)16(19)18-13-6-9-3-4-10(13)5-9/h7-10,13H,3-6,17H2,1-2H3,(H,18,19). The van der Waals surface area contributed by atoms with Gasteiger partial charge in [-0.25, -0.2) is 0 Å². The number of nitrogens with one attached hydrogen (secondary N) is 1. The second-order valence-electron chi connectivity index (χ2n) is 6.05. The Morgan fingerprint density at radius 2 is 1.90 bits per heavy atom. The maximum Gasteiger partial charge on any atom is 0.253 e. The Labute approximate surface area is 124 Å². The van der Waals surface area contributed by atoms with Gasteiger partial charge in [0.05, 0.1) is 19.8 Å². The third-order valence-corrected chi connectivity index (χ3v) is 4.85. The number of nitrogens with two attached hydrogens (primary N) is 1. The summed E-state index contributed by atoms with van der Waals surface area (Å²) in [7, 11) is 3.10. The van der Waals surface area contributed by atoms with Gasteiger partial charge in [-0.2, -0.15) is 0 Å². The number of anilines is 1. The van der Waals surface area contributed by atoms with Crippen molar-refractivity contribution in [2.75, 3.05) is 20.0 Å². The summed E-state index contributed by atoms with van der Waals surface area (Å²) in [5.74, 6) is 2.37. The molecule has 3 N–H and O–H groups in total. The Balaban J connectivity index is 1.78. The molecule has 1 aromatic rings. The molecule has 0 aliphatic heterocycles. The van der Waals surface area contributed by atoms with Gasteiger partial charge in [-0.05, 0) is 37.2 Å². The Morgan fingerprint density at radius 1 is 1.19 bits per heavy atom. The Hall–Kier alpha value is -1.91. The summed E-state index contributed by atoms with van der Waals surface area (Å²) in [6.07, 6.45) is 4.91. The molecule has 5 nitrogen and oxygen atoms in total. The fraction of sp³-hybridized carbons (Fsp3) is 0.562. The summed E-state index contributed by atoms with van der Waals surface area (Å²) in [5, 5.41) is 3.14. The molecule has 3 atom stereocenters. The number of nitrogen functional groups attached to an aromatic ring is 1. The second-order valence-corrected chi connectivity index (χ2v) is 6.05. The molecular weight excluding hydrogens is 268 g/mol. The van der Waals surface area contributed by atoms with Crippen LogP contribution in [-0.2, 0) is 0 Å². The monoisotopic (exact) mass is 290 g/mol. The molecular formula is C16H22N2O3. The SMILES string of the molecule is COc1cc(N)c(C(=O)NC2CC3CCC2C3)cc1OC. The van der Waals surface area contributed by atoms with Crippen LogP contribution in [0.1, 0.15) is 36.0 Å². The Morgan fingerprint density at radius 3 is 2.48 bits per heavy atom. The maximum atomic E-state index is 12.5. The molecule has 0 radical (unpaired) electrons. The molecule has 21 heavy (non-hydrogen) atoms. The van der Waals surface area contributed by atoms with E-state index < -0.39 is 0 Å². The van der Waals surface area contributed by atoms with E-state index in [9.17, 15) is 4.79 Å². The summed E-state index contributed by atoms with van der Waals surface area (Å²) in [6, 6.07) is 3.58. The topological polar surface area (TPSA) is 73.6 Å². The third kappa shape index (κ3) is 2.52. The van der Waals surface area contributed by atoms with E-state index in [0.29, 0.717) is 34.7 Å². The number of fused-ring (bicyclic) bond motifs is 2. The number of hydrogen-bond donors (Lipinski definition) is 2. The average Bonchev–Trinajstić information content (AvgIpc) is 3.09. The van der Waals surface area contributed by atoms with Gasteiger partial charge in [0.25, 0.3) is 5.91 Å². The van der Waals surface area contributed by atoms with Gasteiger partial charge in [0.1, 0.15) is 0 Å². The lowest BCUT2D eigenvalue weighted by molar-refractivity contribution is 0.0923. The molecule has 3 unspecified atom stereocenters. The minimum absolute atomic E-state index is 0.119. The van der Waals surface area contributed by atoms with Gasteiger partial charge >= 0.3 is 0 Å². The van der Waals surface area contributed by atoms with Crippen LogP contribution >= 0.6 is 0 Å². The fourth-order valence-electron chi connectivity index (χ4n) is 3.76. The summed E-state index contributed by atoms with van der Waals surface area (Å²) >= 11 is 0. The number of hydrogen-bond acceptors (Lipinski definition) is 4. The van der Waals surface area contributed by atoms with Crippen LogP contribution in [0, 0.1) is 11.8 Å². The third-order valence-electron chi connectivity index (χ3n) is 4.85. The van der Waals surface area contributed by atoms with E-state index in [4.69, 9.17) is 15.2 Å². The Kier molecular flexibility index (Phi) is 3.66. The van der Waals surface area contributed by atoms with Gasteiger partial charge in [0, 0.05) is 17.8 Å². The van der Waals surface area contributed by atoms with Gasteiger partial charge in [-0.1, -0.05) is 6.42 Å². The maximum absolute atomic E-state index is 12.5. The molecule has 0 heterocycles. The van der Waals surface area contributed by atoms with Crippen LogP contribution in [0.4, 0.5) is 5.69 Å². The largest absolute Gasteiger partial charge is 0.493 e. The van der Waals surface area contributed by atoms with Crippen molar-refractivity contribution in [1.82, 2.24) is 5.32 Å². The Bertz CT molecular complexity index is 559. The molecule has 2 saturated carbocycles. The molecule has 0 aromatic heterocycles. The number of amides is 1. The highest BCUT2D eigenvalue weighted by Gasteiger charge is 2.40. The van der Waals surface area contributed by atoms with Crippen molar-refractivity contribution in [2.24, 2.45) is 11.8 Å². The van der Waals surface area contributed by atoms with Gasteiger partial charge in [-0.3, -0.25) is 4.79 Å². The lowest BCUT2D eigenvalue weighted by Crippen LogP contribution is -2.38. The predicted molar refractivity (Wildman–Crippen MR) is 80.7 cm³/mol. The van der Waals surface area contributed by atoms with E-state index in [2.05, 4.69) is 5.32 Å². The first-order valence-corrected chi connectivity index (χ1v) is 7.44. The molecule has 2 aliphatic carbocycles. The van der Waals surface area contributed by atoms with E-state index in [1.807, 2.05) is 0 Å². The number of carbonyl (C=O) groups excluding carboxylic acids is 1. The van der Waals surface area contributed by atoms with Crippen LogP contribution in [0.15, 0.2) is 12.1 Å². The first kappa shape index (κ1) is 14.0. The number of carbonyl (C=O) groups is 1. The van der Waals surface area contributed by atoms with Crippen molar-refractivity contribution in [1.29, 1.82) is 0 Å². The highest BCUT2D eigenvalue weighted by atomic mass is 16.5. The summed E-state index contributed by atoms with van der Waals surface area (Å²) in [4.78, 5) is 12.5. The van der Waals surface area contributed by atoms with Crippen molar-refractivity contribution in [3.63, 3.8) is 0 Å². The molecule has 1 amide bonds. The van der Waals surface area contributed by atoms with Gasteiger partial charge in [-0.15, -0.1) is 0 Å². The highest BCUT2D eigenvalue weighted by Crippen LogP contribution is 2.44. The van der Waals surface area contributed by atoms with Gasteiger partial charge in [0.15, 0.2) is 11.5 Å². The molecule has 2 bridgehead atoms. The minimum atomic E-state index is -0.119.